The first-order valence-electron chi connectivity index (χ1n) is 32.5. The Kier molecular flexibility index (Phi) is 59.1. The lowest BCUT2D eigenvalue weighted by Crippen LogP contribution is -2.30. The number of esters is 3. The van der Waals surface area contributed by atoms with Crippen LogP contribution in [0.5, 0.6) is 0 Å². The van der Waals surface area contributed by atoms with Crippen LogP contribution in [0.1, 0.15) is 290 Å². The van der Waals surface area contributed by atoms with Gasteiger partial charge in [-0.25, -0.2) is 4.57 Å². The van der Waals surface area contributed by atoms with E-state index in [0.717, 1.165) is 135 Å². The van der Waals surface area contributed by atoms with Crippen molar-refractivity contribution in [1.29, 1.82) is 0 Å². The lowest BCUT2D eigenvalue weighted by molar-refractivity contribution is -0.161. The summed E-state index contributed by atoms with van der Waals surface area (Å²) in [6.07, 6.45) is 72.4. The van der Waals surface area contributed by atoms with Gasteiger partial charge < -0.3 is 24.2 Å². The zero-order valence-electron chi connectivity index (χ0n) is 51.3. The molecule has 3 unspecified atom stereocenters. The molecule has 0 aromatic carbocycles. The van der Waals surface area contributed by atoms with E-state index in [9.17, 15) is 28.9 Å². The summed E-state index contributed by atoms with van der Waals surface area (Å²) in [6.45, 7) is 4.51. The highest BCUT2D eigenvalue weighted by Crippen LogP contribution is 2.43. The normalized spacial score (nSPS) is 13.8. The van der Waals surface area contributed by atoms with Gasteiger partial charge in [-0.05, 0) is 116 Å². The Balaban J connectivity index is 4.74. The lowest BCUT2D eigenvalue weighted by Gasteiger charge is -2.21. The van der Waals surface area contributed by atoms with Gasteiger partial charge in [0.15, 0.2) is 6.10 Å². The molecule has 0 rings (SSSR count). The molecule has 0 heterocycles. The van der Waals surface area contributed by atoms with E-state index in [1.807, 2.05) is 0 Å². The van der Waals surface area contributed by atoms with Crippen molar-refractivity contribution in [2.45, 2.75) is 303 Å². The Bertz CT molecular complexity index is 1670. The molecular formula is C68H119O11P. The average molecular weight is 1140 g/mol. The first-order valence-corrected chi connectivity index (χ1v) is 34.0. The number of hydrogen-bond donors (Lipinski definition) is 2. The molecule has 2 N–H and O–H groups in total. The molecule has 0 aromatic heterocycles. The summed E-state index contributed by atoms with van der Waals surface area (Å²) in [5.41, 5.74) is 0. The third kappa shape index (κ3) is 59.3. The van der Waals surface area contributed by atoms with Crippen LogP contribution in [0.15, 0.2) is 85.1 Å². The molecule has 0 fully saturated rings. The molecule has 0 aliphatic rings. The second-order valence-electron chi connectivity index (χ2n) is 21.5. The van der Waals surface area contributed by atoms with Crippen molar-refractivity contribution in [2.75, 3.05) is 26.4 Å². The number of hydrogen-bond acceptors (Lipinski definition) is 10. The highest BCUT2D eigenvalue weighted by atomic mass is 31.2. The number of ether oxygens (including phenoxy) is 3. The molecular weight excluding hydrogens is 1020 g/mol. The average Bonchev–Trinajstić information content (AvgIpc) is 3.45. The second kappa shape index (κ2) is 61.7. The van der Waals surface area contributed by atoms with Gasteiger partial charge in [-0.15, -0.1) is 0 Å². The van der Waals surface area contributed by atoms with Gasteiger partial charge in [-0.1, -0.05) is 241 Å². The molecule has 0 amide bonds. The summed E-state index contributed by atoms with van der Waals surface area (Å²) in [5, 5.41) is 9.85. The topological polar surface area (TPSA) is 155 Å². The summed E-state index contributed by atoms with van der Waals surface area (Å²) in [5.74, 6) is -1.49. The Hall–Kier alpha value is -3.34. The predicted molar refractivity (Wildman–Crippen MR) is 334 cm³/mol. The molecule has 0 saturated heterocycles. The van der Waals surface area contributed by atoms with Crippen LogP contribution < -0.4 is 0 Å². The van der Waals surface area contributed by atoms with E-state index in [0.29, 0.717) is 19.3 Å². The number of aliphatic hydroxyl groups excluding tert-OH is 1. The SMILES string of the molecule is CC/C=C\C/C=C\C/C=C\C/C=C\CCCCCCCCC(=O)OC(COC(=O)CCCCCCCCCCC/C=C\C/C=C\CCCCC)COP(=O)(O)OCC(CO)OC(=O)CCCCCCC/C=C\CCCCCCCC. The van der Waals surface area contributed by atoms with Gasteiger partial charge in [0.2, 0.25) is 0 Å². The summed E-state index contributed by atoms with van der Waals surface area (Å²) in [6, 6.07) is 0. The molecule has 0 bridgehead atoms. The molecule has 80 heavy (non-hydrogen) atoms. The van der Waals surface area contributed by atoms with Crippen molar-refractivity contribution >= 4 is 25.7 Å². The van der Waals surface area contributed by atoms with E-state index < -0.39 is 57.8 Å². The summed E-state index contributed by atoms with van der Waals surface area (Å²) >= 11 is 0. The third-order valence-electron chi connectivity index (χ3n) is 13.8. The van der Waals surface area contributed by atoms with Crippen LogP contribution in [0.4, 0.5) is 0 Å². The number of unbranched alkanes of at least 4 members (excludes halogenated alkanes) is 29. The van der Waals surface area contributed by atoms with Crippen molar-refractivity contribution < 1.29 is 52.2 Å². The van der Waals surface area contributed by atoms with Crippen molar-refractivity contribution in [3.8, 4) is 0 Å². The van der Waals surface area contributed by atoms with Crippen molar-refractivity contribution in [2.24, 2.45) is 0 Å². The van der Waals surface area contributed by atoms with Gasteiger partial charge in [-0.2, -0.15) is 0 Å². The highest BCUT2D eigenvalue weighted by molar-refractivity contribution is 7.47. The molecule has 0 aliphatic carbocycles. The number of rotatable bonds is 60. The molecule has 0 saturated carbocycles. The third-order valence-corrected chi connectivity index (χ3v) is 14.7. The Morgan fingerprint density at radius 2 is 0.650 bits per heavy atom. The van der Waals surface area contributed by atoms with E-state index in [1.54, 1.807) is 0 Å². The number of aliphatic hydroxyl groups is 1. The van der Waals surface area contributed by atoms with E-state index >= 15 is 0 Å². The van der Waals surface area contributed by atoms with E-state index in [1.165, 1.54) is 96.3 Å². The fourth-order valence-corrected chi connectivity index (χ4v) is 9.63. The fraction of sp³-hybridized carbons (Fsp3) is 0.750. The lowest BCUT2D eigenvalue weighted by atomic mass is 10.1. The standard InChI is InChI=1S/C68H119O11P/c1-4-7-10-13-16-19-22-25-28-30-32-34-37-39-42-45-48-51-54-57-66(70)75-61-65(79-68(72)59-56-53-50-47-44-41-38-35-33-31-29-26-23-20-17-14-11-8-5-2)63-77-80(73,74)76-62-64(60-69)78-67(71)58-55-52-49-46-43-40-36-27-24-21-18-15-12-9-6-3/h8,11,16-17,19-20,25-29,33,35-36,64-65,69H,4-7,9-10,12-15,18,21-24,30-32,34,37-63H2,1-3H3,(H,73,74)/b11-8-,19-16-,20-17-,28-25-,29-26-,35-33-,36-27-. The minimum atomic E-state index is -4.76. The van der Waals surface area contributed by atoms with Crippen molar-refractivity contribution in [1.82, 2.24) is 0 Å². The van der Waals surface area contributed by atoms with E-state index in [2.05, 4.69) is 106 Å². The highest BCUT2D eigenvalue weighted by Gasteiger charge is 2.28. The van der Waals surface area contributed by atoms with Crippen molar-refractivity contribution in [3.63, 3.8) is 0 Å². The number of phosphoric acid groups is 1. The smallest absolute Gasteiger partial charge is 0.462 e. The molecule has 462 valence electrons. The number of carbonyl (C=O) groups is 3. The molecule has 0 radical (unpaired) electrons. The van der Waals surface area contributed by atoms with Crippen molar-refractivity contribution in [3.05, 3.63) is 85.1 Å². The van der Waals surface area contributed by atoms with Gasteiger partial charge in [0.1, 0.15) is 12.7 Å². The van der Waals surface area contributed by atoms with Crippen LogP contribution in [0.25, 0.3) is 0 Å². The molecule has 0 aromatic rings. The molecule has 12 heteroatoms. The van der Waals surface area contributed by atoms with Crippen LogP contribution in [0, 0.1) is 0 Å². The summed E-state index contributed by atoms with van der Waals surface area (Å²) in [7, 11) is -4.76. The molecule has 0 spiro atoms. The van der Waals surface area contributed by atoms with Gasteiger partial charge in [0.05, 0.1) is 19.8 Å². The number of allylic oxidation sites excluding steroid dienone is 14. The van der Waals surface area contributed by atoms with Crippen LogP contribution in [0.3, 0.4) is 0 Å². The number of phosphoric ester groups is 1. The van der Waals surface area contributed by atoms with Gasteiger partial charge in [-0.3, -0.25) is 23.4 Å². The first kappa shape index (κ1) is 76.7. The maximum atomic E-state index is 13.0. The monoisotopic (exact) mass is 1140 g/mol. The Morgan fingerprint density at radius 3 is 1.04 bits per heavy atom. The van der Waals surface area contributed by atoms with Crippen LogP contribution in [0.2, 0.25) is 0 Å². The van der Waals surface area contributed by atoms with Crippen LogP contribution in [-0.2, 0) is 42.2 Å². The maximum absolute atomic E-state index is 13.0. The molecule has 3 atom stereocenters. The zero-order chi connectivity index (χ0) is 58.3. The van der Waals surface area contributed by atoms with Gasteiger partial charge >= 0.3 is 25.7 Å². The zero-order valence-corrected chi connectivity index (χ0v) is 52.2. The quantitative estimate of drug-likeness (QED) is 0.0197. The summed E-state index contributed by atoms with van der Waals surface area (Å²) < 4.78 is 39.7. The Morgan fingerprint density at radius 1 is 0.362 bits per heavy atom. The van der Waals surface area contributed by atoms with Crippen LogP contribution >= 0.6 is 7.82 Å². The fourth-order valence-electron chi connectivity index (χ4n) is 8.84. The first-order chi connectivity index (χ1) is 39.2. The summed E-state index contributed by atoms with van der Waals surface area (Å²) in [4.78, 5) is 48.8. The predicted octanol–water partition coefficient (Wildman–Crippen LogP) is 19.8. The van der Waals surface area contributed by atoms with Gasteiger partial charge in [0, 0.05) is 19.3 Å². The Labute approximate surface area is 490 Å². The number of carbonyl (C=O) groups excluding carboxylic acids is 3. The van der Waals surface area contributed by atoms with Crippen LogP contribution in [-0.4, -0.2) is 66.5 Å². The minimum Gasteiger partial charge on any atom is -0.462 e. The maximum Gasteiger partial charge on any atom is 0.472 e. The molecule has 11 nitrogen and oxygen atoms in total. The second-order valence-corrected chi connectivity index (χ2v) is 23.0. The largest absolute Gasteiger partial charge is 0.472 e. The molecule has 0 aliphatic heterocycles. The van der Waals surface area contributed by atoms with E-state index in [-0.39, 0.29) is 25.9 Å². The minimum absolute atomic E-state index is 0.148. The van der Waals surface area contributed by atoms with E-state index in [4.69, 9.17) is 23.3 Å². The van der Waals surface area contributed by atoms with Gasteiger partial charge in [0.25, 0.3) is 0 Å².